The zero-order valence-corrected chi connectivity index (χ0v) is 8.16. The summed E-state index contributed by atoms with van der Waals surface area (Å²) >= 11 is 0. The average Bonchev–Trinajstić information content (AvgIpc) is 1.94. The predicted octanol–water partition coefficient (Wildman–Crippen LogP) is -1.62. The second-order valence-electron chi connectivity index (χ2n) is 2.76. The lowest BCUT2D eigenvalue weighted by molar-refractivity contribution is -0.119. The lowest BCUT2D eigenvalue weighted by Gasteiger charge is -2.08. The fourth-order valence-electron chi connectivity index (χ4n) is 0.900. The average molecular weight is 224 g/mol. The third kappa shape index (κ3) is 4.77. The molecule has 0 bridgehead atoms. The molecule has 0 saturated carbocycles. The minimum Gasteiger partial charge on any atom is -0.370 e. The van der Waals surface area contributed by atoms with Crippen LogP contribution in [0.15, 0.2) is 0 Å². The van der Waals surface area contributed by atoms with Crippen LogP contribution in [0.2, 0.25) is 0 Å². The summed E-state index contributed by atoms with van der Waals surface area (Å²) in [6.07, 6.45) is -0.181. The molecule has 0 aliphatic heterocycles. The van der Waals surface area contributed by atoms with Gasteiger partial charge in [0, 0.05) is 6.42 Å². The van der Waals surface area contributed by atoms with Gasteiger partial charge in [0.1, 0.15) is 0 Å². The number of carbonyl (C=O) groups is 2. The van der Waals surface area contributed by atoms with E-state index in [9.17, 15) is 18.0 Å². The molecule has 0 heterocycles. The molecule has 2 amide bonds. The quantitative estimate of drug-likeness (QED) is 0.465. The highest BCUT2D eigenvalue weighted by Gasteiger charge is 2.28. The van der Waals surface area contributed by atoms with Gasteiger partial charge < -0.3 is 11.5 Å². The Morgan fingerprint density at radius 2 is 1.79 bits per heavy atom. The van der Waals surface area contributed by atoms with Gasteiger partial charge >= 0.3 is 0 Å². The van der Waals surface area contributed by atoms with Crippen molar-refractivity contribution in [3.63, 3.8) is 0 Å². The van der Waals surface area contributed by atoms with E-state index in [4.69, 9.17) is 16.0 Å². The van der Waals surface area contributed by atoms with E-state index in [-0.39, 0.29) is 19.3 Å². The molecule has 1 atom stereocenters. The maximum absolute atomic E-state index is 10.6. The molecule has 0 spiro atoms. The highest BCUT2D eigenvalue weighted by molar-refractivity contribution is 7.87. The molecule has 0 aromatic carbocycles. The highest BCUT2D eigenvalue weighted by Crippen LogP contribution is 2.08. The van der Waals surface area contributed by atoms with Crippen molar-refractivity contribution in [1.82, 2.24) is 0 Å². The van der Waals surface area contributed by atoms with Crippen molar-refractivity contribution in [2.45, 2.75) is 24.5 Å². The second-order valence-corrected chi connectivity index (χ2v) is 4.36. The number of rotatable bonds is 6. The lowest BCUT2D eigenvalue weighted by atomic mass is 10.2. The molecule has 8 heteroatoms. The van der Waals surface area contributed by atoms with Crippen LogP contribution >= 0.6 is 0 Å². The Labute approximate surface area is 81.2 Å². The van der Waals surface area contributed by atoms with E-state index in [1.807, 2.05) is 0 Å². The molecule has 0 aliphatic rings. The first kappa shape index (κ1) is 12.8. The van der Waals surface area contributed by atoms with Crippen LogP contribution in [0.3, 0.4) is 0 Å². The minimum atomic E-state index is -4.49. The standard InChI is InChI=1S/C6H12N2O5S/c7-5(9)3-1-2-4(6(8)10)14(11,12)13/h4H,1-3H2,(H2,7,9)(H2,8,10)(H,11,12,13). The summed E-state index contributed by atoms with van der Waals surface area (Å²) in [4.78, 5) is 20.9. The van der Waals surface area contributed by atoms with Crippen molar-refractivity contribution in [1.29, 1.82) is 0 Å². The van der Waals surface area contributed by atoms with E-state index in [1.54, 1.807) is 0 Å². The van der Waals surface area contributed by atoms with Gasteiger partial charge in [0.15, 0.2) is 5.25 Å². The second kappa shape index (κ2) is 4.91. The summed E-state index contributed by atoms with van der Waals surface area (Å²) in [5.41, 5.74) is 9.54. The van der Waals surface area contributed by atoms with Crippen LogP contribution in [0.25, 0.3) is 0 Å². The van der Waals surface area contributed by atoms with Gasteiger partial charge in [-0.1, -0.05) is 0 Å². The number of hydrogen-bond acceptors (Lipinski definition) is 4. The largest absolute Gasteiger partial charge is 0.370 e. The fourth-order valence-corrected chi connectivity index (χ4v) is 1.66. The Hall–Kier alpha value is -1.15. The van der Waals surface area contributed by atoms with Crippen molar-refractivity contribution in [3.8, 4) is 0 Å². The van der Waals surface area contributed by atoms with Crippen LogP contribution in [0, 0.1) is 0 Å². The molecule has 0 aromatic heterocycles. The van der Waals surface area contributed by atoms with Gasteiger partial charge in [0.05, 0.1) is 0 Å². The van der Waals surface area contributed by atoms with E-state index >= 15 is 0 Å². The Bertz CT molecular complexity index is 323. The third-order valence-electron chi connectivity index (χ3n) is 1.57. The number of primary amides is 2. The summed E-state index contributed by atoms with van der Waals surface area (Å²) in [6, 6.07) is 0. The van der Waals surface area contributed by atoms with Crippen LogP contribution in [-0.4, -0.2) is 30.0 Å². The van der Waals surface area contributed by atoms with Crippen LogP contribution in [0.5, 0.6) is 0 Å². The van der Waals surface area contributed by atoms with E-state index in [1.165, 1.54) is 0 Å². The van der Waals surface area contributed by atoms with Gasteiger partial charge in [-0.15, -0.1) is 0 Å². The summed E-state index contributed by atoms with van der Waals surface area (Å²) in [5, 5.41) is -1.66. The molecule has 0 fully saturated rings. The molecule has 1 unspecified atom stereocenters. The molecule has 0 saturated heterocycles. The highest BCUT2D eigenvalue weighted by atomic mass is 32.2. The van der Waals surface area contributed by atoms with Crippen molar-refractivity contribution >= 4 is 21.9 Å². The van der Waals surface area contributed by atoms with Crippen molar-refractivity contribution in [3.05, 3.63) is 0 Å². The van der Waals surface area contributed by atoms with Gasteiger partial charge in [0.25, 0.3) is 10.1 Å². The van der Waals surface area contributed by atoms with Gasteiger partial charge in [-0.05, 0) is 12.8 Å². The molecule has 0 aromatic rings. The zero-order chi connectivity index (χ0) is 11.4. The normalized spacial score (nSPS) is 13.5. The van der Waals surface area contributed by atoms with Gasteiger partial charge in [0.2, 0.25) is 11.8 Å². The van der Waals surface area contributed by atoms with Gasteiger partial charge in [-0.25, -0.2) is 0 Å². The van der Waals surface area contributed by atoms with E-state index in [2.05, 4.69) is 0 Å². The van der Waals surface area contributed by atoms with Crippen LogP contribution < -0.4 is 11.5 Å². The Balaban J connectivity index is 4.28. The molecule has 14 heavy (non-hydrogen) atoms. The number of hydrogen-bond donors (Lipinski definition) is 3. The third-order valence-corrected chi connectivity index (χ3v) is 2.75. The molecule has 5 N–H and O–H groups in total. The molecule has 0 aliphatic carbocycles. The summed E-state index contributed by atoms with van der Waals surface area (Å²) in [5.74, 6) is -1.75. The number of amides is 2. The first-order valence-corrected chi connectivity index (χ1v) is 5.29. The Morgan fingerprint density at radius 1 is 1.29 bits per heavy atom. The summed E-state index contributed by atoms with van der Waals surface area (Å²) in [6.45, 7) is 0. The zero-order valence-electron chi connectivity index (χ0n) is 7.34. The Kier molecular flexibility index (Phi) is 4.51. The first-order chi connectivity index (χ1) is 6.25. The van der Waals surface area contributed by atoms with E-state index in [0.29, 0.717) is 0 Å². The SMILES string of the molecule is NC(=O)CCCC(C(N)=O)S(=O)(=O)O. The molecule has 0 radical (unpaired) electrons. The lowest BCUT2D eigenvalue weighted by Crippen LogP contribution is -2.35. The molecular weight excluding hydrogens is 212 g/mol. The summed E-state index contributed by atoms with van der Waals surface area (Å²) in [7, 11) is -4.49. The minimum absolute atomic E-state index is 0.0562. The molecule has 0 rings (SSSR count). The molecule has 82 valence electrons. The number of carbonyl (C=O) groups excluding carboxylic acids is 2. The van der Waals surface area contributed by atoms with Gasteiger partial charge in [-0.2, -0.15) is 8.42 Å². The maximum atomic E-state index is 10.6. The Morgan fingerprint density at radius 3 is 2.07 bits per heavy atom. The maximum Gasteiger partial charge on any atom is 0.276 e. The van der Waals surface area contributed by atoms with E-state index < -0.39 is 27.2 Å². The van der Waals surface area contributed by atoms with Gasteiger partial charge in [-0.3, -0.25) is 14.1 Å². The topological polar surface area (TPSA) is 141 Å². The van der Waals surface area contributed by atoms with E-state index in [0.717, 1.165) is 0 Å². The van der Waals surface area contributed by atoms with Crippen molar-refractivity contribution in [2.75, 3.05) is 0 Å². The predicted molar refractivity (Wildman–Crippen MR) is 47.6 cm³/mol. The van der Waals surface area contributed by atoms with Crippen molar-refractivity contribution in [2.24, 2.45) is 11.5 Å². The molecule has 7 nitrogen and oxygen atoms in total. The number of nitrogens with two attached hydrogens (primary N) is 2. The molecular formula is C6H12N2O5S. The fraction of sp³-hybridized carbons (Fsp3) is 0.667. The van der Waals surface area contributed by atoms with Crippen LogP contribution in [-0.2, 0) is 19.7 Å². The smallest absolute Gasteiger partial charge is 0.276 e. The first-order valence-electron chi connectivity index (χ1n) is 3.79. The monoisotopic (exact) mass is 224 g/mol. The van der Waals surface area contributed by atoms with Crippen LogP contribution in [0.4, 0.5) is 0 Å². The van der Waals surface area contributed by atoms with Crippen LogP contribution in [0.1, 0.15) is 19.3 Å². The van der Waals surface area contributed by atoms with Crippen molar-refractivity contribution < 1.29 is 22.6 Å². The summed E-state index contributed by atoms with van der Waals surface area (Å²) < 4.78 is 29.7.